The Kier molecular flexibility index (Phi) is 5.81. The van der Waals surface area contributed by atoms with Gasteiger partial charge in [0.15, 0.2) is 0 Å². The lowest BCUT2D eigenvalue weighted by Gasteiger charge is -2.13. The van der Waals surface area contributed by atoms with Crippen LogP contribution in [0.4, 0.5) is 5.69 Å². The highest BCUT2D eigenvalue weighted by Crippen LogP contribution is 2.18. The van der Waals surface area contributed by atoms with Gasteiger partial charge in [0.25, 0.3) is 0 Å². The summed E-state index contributed by atoms with van der Waals surface area (Å²) in [6.45, 7) is 8.95. The van der Waals surface area contributed by atoms with Crippen molar-refractivity contribution >= 4 is 11.6 Å². The maximum absolute atomic E-state index is 12.1. The van der Waals surface area contributed by atoms with Crippen molar-refractivity contribution in [3.63, 3.8) is 0 Å². The lowest BCUT2D eigenvalue weighted by molar-refractivity contribution is -0.115. The van der Waals surface area contributed by atoms with Gasteiger partial charge in [-0.3, -0.25) is 19.4 Å². The minimum absolute atomic E-state index is 0.0714. The quantitative estimate of drug-likeness (QED) is 0.808. The fraction of sp³-hybridized carbons (Fsp3) is 0.500. The zero-order valence-corrected chi connectivity index (χ0v) is 14.1. The van der Waals surface area contributed by atoms with Gasteiger partial charge in [-0.2, -0.15) is 5.10 Å². The minimum atomic E-state index is -0.0714. The van der Waals surface area contributed by atoms with Crippen molar-refractivity contribution in [1.29, 1.82) is 0 Å². The first-order chi connectivity index (χ1) is 11.0. The van der Waals surface area contributed by atoms with Crippen LogP contribution in [-0.4, -0.2) is 38.2 Å². The van der Waals surface area contributed by atoms with Crippen molar-refractivity contribution in [3.05, 3.63) is 35.7 Å². The normalized spacial score (nSPS) is 12.2. The molecule has 0 saturated heterocycles. The van der Waals surface area contributed by atoms with Gasteiger partial charge in [0.1, 0.15) is 0 Å². The molecule has 2 N–H and O–H groups in total. The molecule has 124 valence electrons. The van der Waals surface area contributed by atoms with E-state index in [1.807, 2.05) is 32.4 Å². The highest BCUT2D eigenvalue weighted by Gasteiger charge is 2.14. The molecule has 0 unspecified atom stereocenters. The van der Waals surface area contributed by atoms with Crippen LogP contribution in [0, 0.1) is 13.8 Å². The average molecular weight is 316 g/mol. The molecule has 0 saturated carbocycles. The smallest absolute Gasteiger partial charge is 0.238 e. The second-order valence-corrected chi connectivity index (χ2v) is 5.59. The third kappa shape index (κ3) is 4.59. The van der Waals surface area contributed by atoms with Crippen LogP contribution in [0.1, 0.15) is 30.9 Å². The highest BCUT2D eigenvalue weighted by molar-refractivity contribution is 5.93. The first kappa shape index (κ1) is 17.1. The van der Waals surface area contributed by atoms with Gasteiger partial charge in [-0.25, -0.2) is 0 Å². The topological polar surface area (TPSA) is 84.7 Å². The number of hydrogen-bond acceptors (Lipinski definition) is 5. The Morgan fingerprint density at radius 3 is 2.74 bits per heavy atom. The number of hydrogen-bond donors (Lipinski definition) is 2. The van der Waals surface area contributed by atoms with Gasteiger partial charge in [-0.1, -0.05) is 0 Å². The van der Waals surface area contributed by atoms with Crippen molar-refractivity contribution in [2.75, 3.05) is 11.9 Å². The molecule has 0 aliphatic heterocycles. The van der Waals surface area contributed by atoms with Crippen molar-refractivity contribution in [2.45, 2.75) is 46.7 Å². The van der Waals surface area contributed by atoms with Crippen LogP contribution < -0.4 is 10.6 Å². The SMILES string of the molecule is CCn1nc(C)c(NC(=O)CN[C@H](C)Cc2cnccn2)c1C. The number of amides is 1. The second kappa shape index (κ2) is 7.82. The number of aryl methyl sites for hydroxylation is 2. The Balaban J connectivity index is 1.84. The molecule has 2 aromatic heterocycles. The number of anilines is 1. The van der Waals surface area contributed by atoms with Crippen LogP contribution in [0.25, 0.3) is 0 Å². The Bertz CT molecular complexity index is 652. The minimum Gasteiger partial charge on any atom is -0.322 e. The van der Waals surface area contributed by atoms with E-state index in [0.717, 1.165) is 35.7 Å². The van der Waals surface area contributed by atoms with E-state index < -0.39 is 0 Å². The van der Waals surface area contributed by atoms with Crippen molar-refractivity contribution in [1.82, 2.24) is 25.1 Å². The molecule has 0 aliphatic rings. The molecule has 1 amide bonds. The summed E-state index contributed by atoms with van der Waals surface area (Å²) in [5, 5.41) is 10.5. The summed E-state index contributed by atoms with van der Waals surface area (Å²) in [5.41, 5.74) is 3.53. The van der Waals surface area contributed by atoms with Crippen molar-refractivity contribution < 1.29 is 4.79 Å². The first-order valence-electron chi connectivity index (χ1n) is 7.83. The number of aromatic nitrogens is 4. The maximum atomic E-state index is 12.1. The average Bonchev–Trinajstić information content (AvgIpc) is 2.81. The largest absolute Gasteiger partial charge is 0.322 e. The molecule has 7 nitrogen and oxygen atoms in total. The zero-order valence-electron chi connectivity index (χ0n) is 14.1. The molecule has 0 bridgehead atoms. The Hall–Kier alpha value is -2.28. The zero-order chi connectivity index (χ0) is 16.8. The van der Waals surface area contributed by atoms with Crippen LogP contribution in [0.5, 0.6) is 0 Å². The van der Waals surface area contributed by atoms with E-state index in [2.05, 4.69) is 25.7 Å². The molecule has 1 atom stereocenters. The lowest BCUT2D eigenvalue weighted by atomic mass is 10.2. The lowest BCUT2D eigenvalue weighted by Crippen LogP contribution is -2.36. The maximum Gasteiger partial charge on any atom is 0.238 e. The predicted molar refractivity (Wildman–Crippen MR) is 89.2 cm³/mol. The van der Waals surface area contributed by atoms with Crippen LogP contribution in [-0.2, 0) is 17.8 Å². The number of rotatable bonds is 7. The summed E-state index contributed by atoms with van der Waals surface area (Å²) in [5.74, 6) is -0.0714. The molecule has 0 spiro atoms. The number of carbonyl (C=O) groups excluding carboxylic acids is 1. The summed E-state index contributed by atoms with van der Waals surface area (Å²) in [4.78, 5) is 20.4. The molecule has 2 aromatic rings. The van der Waals surface area contributed by atoms with Gasteiger partial charge in [0, 0.05) is 37.6 Å². The standard InChI is InChI=1S/C16H24N6O/c1-5-22-13(4)16(12(3)21-22)20-15(23)10-19-11(2)8-14-9-17-6-7-18-14/h6-7,9,11,19H,5,8,10H2,1-4H3,(H,20,23)/t11-/m1/s1. The number of nitrogens with one attached hydrogen (secondary N) is 2. The Morgan fingerprint density at radius 1 is 1.35 bits per heavy atom. The van der Waals surface area contributed by atoms with Crippen LogP contribution >= 0.6 is 0 Å². The molecule has 23 heavy (non-hydrogen) atoms. The van der Waals surface area contributed by atoms with Gasteiger partial charge >= 0.3 is 0 Å². The van der Waals surface area contributed by atoms with E-state index in [0.29, 0.717) is 0 Å². The molecule has 0 fully saturated rings. The number of carbonyl (C=O) groups is 1. The first-order valence-corrected chi connectivity index (χ1v) is 7.83. The highest BCUT2D eigenvalue weighted by atomic mass is 16.1. The Labute approximate surface area is 136 Å². The van der Waals surface area contributed by atoms with E-state index in [1.165, 1.54) is 0 Å². The van der Waals surface area contributed by atoms with E-state index in [4.69, 9.17) is 0 Å². The summed E-state index contributed by atoms with van der Waals surface area (Å²) in [6.07, 6.45) is 5.79. The molecular weight excluding hydrogens is 292 g/mol. The molecule has 2 heterocycles. The fourth-order valence-electron chi connectivity index (χ4n) is 2.46. The van der Waals surface area contributed by atoms with Crippen LogP contribution in [0.15, 0.2) is 18.6 Å². The molecule has 2 rings (SSSR count). The molecule has 0 aromatic carbocycles. The van der Waals surface area contributed by atoms with Gasteiger partial charge in [-0.15, -0.1) is 0 Å². The molecule has 7 heteroatoms. The van der Waals surface area contributed by atoms with Gasteiger partial charge in [0.05, 0.1) is 29.3 Å². The number of nitrogens with zero attached hydrogens (tertiary/aromatic N) is 4. The van der Waals surface area contributed by atoms with E-state index in [-0.39, 0.29) is 18.5 Å². The summed E-state index contributed by atoms with van der Waals surface area (Å²) in [6, 6.07) is 0.137. The molecule has 0 aliphatic carbocycles. The molecular formula is C16H24N6O. The molecule has 0 radical (unpaired) electrons. The van der Waals surface area contributed by atoms with E-state index in [1.54, 1.807) is 18.6 Å². The van der Waals surface area contributed by atoms with Crippen molar-refractivity contribution in [2.24, 2.45) is 0 Å². The summed E-state index contributed by atoms with van der Waals surface area (Å²) in [7, 11) is 0. The third-order valence-corrected chi connectivity index (χ3v) is 3.69. The Morgan fingerprint density at radius 2 is 2.13 bits per heavy atom. The van der Waals surface area contributed by atoms with Gasteiger partial charge in [-0.05, 0) is 27.7 Å². The summed E-state index contributed by atoms with van der Waals surface area (Å²) < 4.78 is 1.88. The summed E-state index contributed by atoms with van der Waals surface area (Å²) >= 11 is 0. The monoisotopic (exact) mass is 316 g/mol. The predicted octanol–water partition coefficient (Wildman–Crippen LogP) is 1.47. The van der Waals surface area contributed by atoms with Gasteiger partial charge < -0.3 is 10.6 Å². The fourth-order valence-corrected chi connectivity index (χ4v) is 2.46. The third-order valence-electron chi connectivity index (χ3n) is 3.69. The van der Waals surface area contributed by atoms with Crippen LogP contribution in [0.2, 0.25) is 0 Å². The van der Waals surface area contributed by atoms with Gasteiger partial charge in [0.2, 0.25) is 5.91 Å². The van der Waals surface area contributed by atoms with Crippen molar-refractivity contribution in [3.8, 4) is 0 Å². The second-order valence-electron chi connectivity index (χ2n) is 5.59. The van der Waals surface area contributed by atoms with E-state index in [9.17, 15) is 4.79 Å². The van der Waals surface area contributed by atoms with Crippen LogP contribution in [0.3, 0.4) is 0 Å². The van der Waals surface area contributed by atoms with E-state index >= 15 is 0 Å².